The van der Waals surface area contributed by atoms with Crippen molar-refractivity contribution >= 4 is 11.7 Å². The topological polar surface area (TPSA) is 70.2 Å². The zero-order valence-electron chi connectivity index (χ0n) is 11.7. The van der Waals surface area contributed by atoms with Crippen LogP contribution in [0.1, 0.15) is 18.3 Å². The van der Waals surface area contributed by atoms with Gasteiger partial charge in [0.15, 0.2) is 0 Å². The molecule has 2 rings (SSSR count). The SMILES string of the molecule is CCNC(=O)C1CNCCN1c1cnc(C)c(C)n1. The molecule has 104 valence electrons. The molecule has 1 amide bonds. The molecule has 1 fully saturated rings. The average Bonchev–Trinajstić information content (AvgIpc) is 2.42. The third-order valence-corrected chi connectivity index (χ3v) is 3.37. The van der Waals surface area contributed by atoms with Crippen LogP contribution in [-0.2, 0) is 4.79 Å². The standard InChI is InChI=1S/C13H21N5O/c1-4-15-13(19)11-7-14-5-6-18(11)12-8-16-9(2)10(3)17-12/h8,11,14H,4-7H2,1-3H3,(H,15,19). The zero-order valence-corrected chi connectivity index (χ0v) is 11.7. The Labute approximate surface area is 113 Å². The van der Waals surface area contributed by atoms with Gasteiger partial charge in [0.1, 0.15) is 11.9 Å². The van der Waals surface area contributed by atoms with Gasteiger partial charge in [0.2, 0.25) is 5.91 Å². The van der Waals surface area contributed by atoms with Gasteiger partial charge in [-0.1, -0.05) is 0 Å². The molecule has 6 heteroatoms. The first-order valence-electron chi connectivity index (χ1n) is 6.68. The molecule has 1 aliphatic heterocycles. The van der Waals surface area contributed by atoms with Crippen molar-refractivity contribution in [3.8, 4) is 0 Å². The summed E-state index contributed by atoms with van der Waals surface area (Å²) >= 11 is 0. The molecule has 1 aromatic rings. The van der Waals surface area contributed by atoms with E-state index in [2.05, 4.69) is 20.6 Å². The minimum atomic E-state index is -0.217. The van der Waals surface area contributed by atoms with Crippen molar-refractivity contribution in [2.24, 2.45) is 0 Å². The second-order valence-corrected chi connectivity index (χ2v) is 4.71. The van der Waals surface area contributed by atoms with Crippen LogP contribution < -0.4 is 15.5 Å². The van der Waals surface area contributed by atoms with E-state index in [4.69, 9.17) is 0 Å². The summed E-state index contributed by atoms with van der Waals surface area (Å²) in [6, 6.07) is -0.217. The molecule has 0 bridgehead atoms. The lowest BCUT2D eigenvalue weighted by molar-refractivity contribution is -0.122. The van der Waals surface area contributed by atoms with Gasteiger partial charge in [0, 0.05) is 26.2 Å². The highest BCUT2D eigenvalue weighted by molar-refractivity contribution is 5.85. The van der Waals surface area contributed by atoms with E-state index in [0.29, 0.717) is 13.1 Å². The van der Waals surface area contributed by atoms with Crippen molar-refractivity contribution in [2.75, 3.05) is 31.1 Å². The average molecular weight is 263 g/mol. The third kappa shape index (κ3) is 3.01. The van der Waals surface area contributed by atoms with Crippen LogP contribution in [0.5, 0.6) is 0 Å². The summed E-state index contributed by atoms with van der Waals surface area (Å²) in [5.41, 5.74) is 1.83. The highest BCUT2D eigenvalue weighted by Gasteiger charge is 2.29. The molecule has 0 saturated carbocycles. The molecule has 1 unspecified atom stereocenters. The Kier molecular flexibility index (Phi) is 4.31. The van der Waals surface area contributed by atoms with Crippen LogP contribution in [0.3, 0.4) is 0 Å². The van der Waals surface area contributed by atoms with Crippen LogP contribution in [0.2, 0.25) is 0 Å². The Morgan fingerprint density at radius 2 is 2.32 bits per heavy atom. The van der Waals surface area contributed by atoms with Crippen LogP contribution >= 0.6 is 0 Å². The summed E-state index contributed by atoms with van der Waals surface area (Å²) in [4.78, 5) is 23.0. The van der Waals surface area contributed by atoms with Gasteiger partial charge in [-0.3, -0.25) is 9.78 Å². The Morgan fingerprint density at radius 3 is 3.00 bits per heavy atom. The first kappa shape index (κ1) is 13.7. The van der Waals surface area contributed by atoms with Gasteiger partial charge in [-0.05, 0) is 20.8 Å². The van der Waals surface area contributed by atoms with Crippen LogP contribution in [-0.4, -0.2) is 48.1 Å². The number of anilines is 1. The number of piperazine rings is 1. The van der Waals surface area contributed by atoms with Crippen LogP contribution in [0.25, 0.3) is 0 Å². The van der Waals surface area contributed by atoms with Crippen molar-refractivity contribution in [2.45, 2.75) is 26.8 Å². The number of aromatic nitrogens is 2. The van der Waals surface area contributed by atoms with E-state index in [9.17, 15) is 4.79 Å². The van der Waals surface area contributed by atoms with Crippen molar-refractivity contribution in [3.63, 3.8) is 0 Å². The number of hydrogen-bond acceptors (Lipinski definition) is 5. The Morgan fingerprint density at radius 1 is 1.53 bits per heavy atom. The summed E-state index contributed by atoms with van der Waals surface area (Å²) in [7, 11) is 0. The van der Waals surface area contributed by atoms with Crippen molar-refractivity contribution in [3.05, 3.63) is 17.6 Å². The third-order valence-electron chi connectivity index (χ3n) is 3.37. The molecular weight excluding hydrogens is 242 g/mol. The molecule has 0 radical (unpaired) electrons. The molecule has 2 heterocycles. The van der Waals surface area contributed by atoms with Crippen LogP contribution in [0.15, 0.2) is 6.20 Å². The summed E-state index contributed by atoms with van der Waals surface area (Å²) in [5, 5.41) is 6.12. The maximum atomic E-state index is 12.1. The lowest BCUT2D eigenvalue weighted by atomic mass is 10.1. The lowest BCUT2D eigenvalue weighted by Crippen LogP contribution is -2.58. The predicted octanol–water partition coefficient (Wildman–Crippen LogP) is 0.00774. The first-order chi connectivity index (χ1) is 9.13. The highest BCUT2D eigenvalue weighted by Crippen LogP contribution is 2.16. The molecule has 1 aliphatic rings. The number of carbonyl (C=O) groups is 1. The molecular formula is C13H21N5O. The molecule has 0 spiro atoms. The summed E-state index contributed by atoms with van der Waals surface area (Å²) in [6.45, 7) is 8.69. The van der Waals surface area contributed by atoms with Gasteiger partial charge >= 0.3 is 0 Å². The fraction of sp³-hybridized carbons (Fsp3) is 0.615. The molecule has 2 N–H and O–H groups in total. The number of carbonyl (C=O) groups excluding carboxylic acids is 1. The van der Waals surface area contributed by atoms with E-state index in [1.165, 1.54) is 0 Å². The number of rotatable bonds is 3. The van der Waals surface area contributed by atoms with E-state index in [0.717, 1.165) is 30.3 Å². The lowest BCUT2D eigenvalue weighted by Gasteiger charge is -2.35. The molecule has 0 aromatic carbocycles. The Balaban J connectivity index is 2.23. The number of aryl methyl sites for hydroxylation is 2. The second kappa shape index (κ2) is 5.97. The molecule has 1 atom stereocenters. The smallest absolute Gasteiger partial charge is 0.244 e. The molecule has 6 nitrogen and oxygen atoms in total. The molecule has 19 heavy (non-hydrogen) atoms. The number of likely N-dealkylation sites (N-methyl/N-ethyl adjacent to an activating group) is 1. The molecule has 0 aliphatic carbocycles. The van der Waals surface area contributed by atoms with Crippen LogP contribution in [0, 0.1) is 13.8 Å². The predicted molar refractivity (Wildman–Crippen MR) is 74.2 cm³/mol. The summed E-state index contributed by atoms with van der Waals surface area (Å²) in [5.74, 6) is 0.815. The van der Waals surface area contributed by atoms with E-state index in [1.807, 2.05) is 25.7 Å². The van der Waals surface area contributed by atoms with Crippen molar-refractivity contribution in [1.82, 2.24) is 20.6 Å². The van der Waals surface area contributed by atoms with E-state index in [1.54, 1.807) is 6.20 Å². The van der Waals surface area contributed by atoms with Gasteiger partial charge in [0.05, 0.1) is 17.6 Å². The van der Waals surface area contributed by atoms with Crippen molar-refractivity contribution in [1.29, 1.82) is 0 Å². The summed E-state index contributed by atoms with van der Waals surface area (Å²) < 4.78 is 0. The Hall–Kier alpha value is -1.69. The van der Waals surface area contributed by atoms with E-state index < -0.39 is 0 Å². The largest absolute Gasteiger partial charge is 0.355 e. The van der Waals surface area contributed by atoms with E-state index in [-0.39, 0.29) is 11.9 Å². The minimum Gasteiger partial charge on any atom is -0.355 e. The van der Waals surface area contributed by atoms with Gasteiger partial charge in [-0.25, -0.2) is 4.98 Å². The van der Waals surface area contributed by atoms with Gasteiger partial charge in [-0.15, -0.1) is 0 Å². The van der Waals surface area contributed by atoms with Crippen LogP contribution in [0.4, 0.5) is 5.82 Å². The van der Waals surface area contributed by atoms with Gasteiger partial charge in [-0.2, -0.15) is 0 Å². The van der Waals surface area contributed by atoms with Gasteiger partial charge in [0.25, 0.3) is 0 Å². The Bertz CT molecular complexity index is 462. The fourth-order valence-corrected chi connectivity index (χ4v) is 2.17. The van der Waals surface area contributed by atoms with Gasteiger partial charge < -0.3 is 15.5 Å². The molecule has 1 aromatic heterocycles. The monoisotopic (exact) mass is 263 g/mol. The fourth-order valence-electron chi connectivity index (χ4n) is 2.17. The number of nitrogens with one attached hydrogen (secondary N) is 2. The normalized spacial score (nSPS) is 19.3. The minimum absolute atomic E-state index is 0.0368. The number of nitrogens with zero attached hydrogens (tertiary/aromatic N) is 3. The maximum absolute atomic E-state index is 12.1. The second-order valence-electron chi connectivity index (χ2n) is 4.71. The maximum Gasteiger partial charge on any atom is 0.244 e. The van der Waals surface area contributed by atoms with E-state index >= 15 is 0 Å². The molecule has 1 saturated heterocycles. The number of hydrogen-bond donors (Lipinski definition) is 2. The quantitative estimate of drug-likeness (QED) is 0.804. The first-order valence-corrected chi connectivity index (χ1v) is 6.68. The summed E-state index contributed by atoms with van der Waals surface area (Å²) in [6.07, 6.45) is 1.75. The highest BCUT2D eigenvalue weighted by atomic mass is 16.2. The van der Waals surface area contributed by atoms with Crippen molar-refractivity contribution < 1.29 is 4.79 Å². The number of amides is 1. The zero-order chi connectivity index (χ0) is 13.8.